The van der Waals surface area contributed by atoms with E-state index in [1.807, 2.05) is 26.8 Å². The molecule has 0 bridgehead atoms. The van der Waals surface area contributed by atoms with Gasteiger partial charge in [-0.1, -0.05) is 6.92 Å². The highest BCUT2D eigenvalue weighted by Gasteiger charge is 2.62. The van der Waals surface area contributed by atoms with Crippen molar-refractivity contribution < 1.29 is 14.2 Å². The van der Waals surface area contributed by atoms with Gasteiger partial charge in [-0.05, 0) is 63.8 Å². The molecule has 1 fully saturated rings. The Morgan fingerprint density at radius 2 is 2.00 bits per heavy atom. The monoisotopic (exact) mass is 370 g/mol. The van der Waals surface area contributed by atoms with Gasteiger partial charge < -0.3 is 15.2 Å². The summed E-state index contributed by atoms with van der Waals surface area (Å²) in [4.78, 5) is 4.17. The lowest BCUT2D eigenvalue weighted by Gasteiger charge is -2.55. The summed E-state index contributed by atoms with van der Waals surface area (Å²) in [5.74, 6) is 0.292. The topological polar surface area (TPSA) is 54.4 Å². The van der Waals surface area contributed by atoms with Crippen molar-refractivity contribution in [2.75, 3.05) is 11.9 Å². The van der Waals surface area contributed by atoms with Crippen molar-refractivity contribution in [2.24, 2.45) is 0 Å². The third-order valence-electron chi connectivity index (χ3n) is 6.68. The molecule has 1 aromatic carbocycles. The Bertz CT molecular complexity index is 898. The molecule has 1 aromatic heterocycles. The highest BCUT2D eigenvalue weighted by Crippen LogP contribution is 2.59. The Labute approximate surface area is 159 Å². The first-order chi connectivity index (χ1) is 12.7. The molecule has 144 valence electrons. The summed E-state index contributed by atoms with van der Waals surface area (Å²) in [5.41, 5.74) is 0.954. The van der Waals surface area contributed by atoms with Crippen molar-refractivity contribution in [1.82, 2.24) is 4.98 Å². The molecule has 2 aromatic rings. The third kappa shape index (κ3) is 2.40. The molecule has 2 N–H and O–H groups in total. The number of anilines is 1. The van der Waals surface area contributed by atoms with E-state index in [9.17, 15) is 5.11 Å². The van der Waals surface area contributed by atoms with Crippen LogP contribution in [0.3, 0.4) is 0 Å². The lowest BCUT2D eigenvalue weighted by Crippen LogP contribution is -2.65. The number of pyridine rings is 1. The predicted octanol–water partition coefficient (Wildman–Crippen LogP) is 4.66. The van der Waals surface area contributed by atoms with Gasteiger partial charge in [0.25, 0.3) is 0 Å². The maximum absolute atomic E-state index is 15.1. The van der Waals surface area contributed by atoms with Gasteiger partial charge in [-0.25, -0.2) is 4.39 Å². The van der Waals surface area contributed by atoms with Crippen LogP contribution in [-0.2, 0) is 5.41 Å². The molecule has 2 aliphatic rings. The number of benzene rings is 1. The highest BCUT2D eigenvalue weighted by molar-refractivity contribution is 5.76. The number of halogens is 1. The van der Waals surface area contributed by atoms with E-state index in [1.54, 1.807) is 24.5 Å². The minimum Gasteiger partial charge on any atom is -0.493 e. The fourth-order valence-electron chi connectivity index (χ4n) is 5.19. The summed E-state index contributed by atoms with van der Waals surface area (Å²) < 4.78 is 20.8. The van der Waals surface area contributed by atoms with E-state index in [0.29, 0.717) is 23.5 Å². The third-order valence-corrected chi connectivity index (χ3v) is 6.68. The molecular formula is C22H27FN2O2. The molecule has 1 aliphatic carbocycles. The molecule has 0 radical (unpaired) electrons. The molecule has 4 nitrogen and oxygen atoms in total. The van der Waals surface area contributed by atoms with E-state index in [0.717, 1.165) is 30.5 Å². The van der Waals surface area contributed by atoms with E-state index in [2.05, 4.69) is 17.2 Å². The van der Waals surface area contributed by atoms with Gasteiger partial charge in [0, 0.05) is 34.6 Å². The van der Waals surface area contributed by atoms with Crippen LogP contribution >= 0.6 is 0 Å². The van der Waals surface area contributed by atoms with Crippen molar-refractivity contribution in [3.05, 3.63) is 42.0 Å². The summed E-state index contributed by atoms with van der Waals surface area (Å²) >= 11 is 0. The molecule has 1 aliphatic heterocycles. The smallest absolute Gasteiger partial charge is 0.133 e. The Morgan fingerprint density at radius 3 is 2.74 bits per heavy atom. The van der Waals surface area contributed by atoms with Crippen molar-refractivity contribution in [3.8, 4) is 16.9 Å². The zero-order chi connectivity index (χ0) is 19.4. The van der Waals surface area contributed by atoms with E-state index in [-0.39, 0.29) is 5.82 Å². The van der Waals surface area contributed by atoms with Crippen LogP contribution in [0.15, 0.2) is 30.6 Å². The first-order valence-electron chi connectivity index (χ1n) is 9.65. The second-order valence-electron chi connectivity index (χ2n) is 8.48. The van der Waals surface area contributed by atoms with Crippen molar-refractivity contribution in [2.45, 2.75) is 63.5 Å². The molecule has 1 saturated carbocycles. The number of hydrogen-bond acceptors (Lipinski definition) is 4. The second-order valence-corrected chi connectivity index (χ2v) is 8.48. The van der Waals surface area contributed by atoms with Gasteiger partial charge in [-0.15, -0.1) is 0 Å². The molecule has 0 saturated heterocycles. The van der Waals surface area contributed by atoms with Crippen LogP contribution in [-0.4, -0.2) is 27.8 Å². The number of ether oxygens (including phenoxy) is 1. The number of nitrogens with one attached hydrogen (secondary N) is 1. The number of nitrogens with zero attached hydrogens (tertiary/aromatic N) is 1. The number of fused-ring (bicyclic) bond motifs is 3. The Morgan fingerprint density at radius 1 is 1.22 bits per heavy atom. The summed E-state index contributed by atoms with van der Waals surface area (Å²) in [7, 11) is 0. The fourth-order valence-corrected chi connectivity index (χ4v) is 5.19. The highest BCUT2D eigenvalue weighted by atomic mass is 19.1. The van der Waals surface area contributed by atoms with E-state index in [1.165, 1.54) is 0 Å². The number of aliphatic hydroxyl groups is 1. The lowest BCUT2D eigenvalue weighted by molar-refractivity contribution is -0.0628. The minimum absolute atomic E-state index is 0.321. The standard InChI is InChI=1S/C22H27FN2O2/c1-5-27-19-7-10-24-13-15(19)14-11-16-18(12-17(14)23)25-20(2,3)22(26)9-6-8-21(16,22)4/h7,10-13,25-26H,5-6,8-9H2,1-4H3. The van der Waals surface area contributed by atoms with Crippen LogP contribution in [0.2, 0.25) is 0 Å². The molecule has 0 amide bonds. The van der Waals surface area contributed by atoms with Crippen LogP contribution in [0.4, 0.5) is 10.1 Å². The van der Waals surface area contributed by atoms with Gasteiger partial charge >= 0.3 is 0 Å². The van der Waals surface area contributed by atoms with Gasteiger partial charge in [-0.2, -0.15) is 0 Å². The van der Waals surface area contributed by atoms with Crippen molar-refractivity contribution in [3.63, 3.8) is 0 Å². The molecule has 5 heteroatoms. The number of hydrogen-bond donors (Lipinski definition) is 2. The predicted molar refractivity (Wildman–Crippen MR) is 105 cm³/mol. The zero-order valence-corrected chi connectivity index (χ0v) is 16.4. The zero-order valence-electron chi connectivity index (χ0n) is 16.4. The van der Waals surface area contributed by atoms with Gasteiger partial charge in [-0.3, -0.25) is 4.98 Å². The normalized spacial score (nSPS) is 28.2. The largest absolute Gasteiger partial charge is 0.493 e. The minimum atomic E-state index is -0.889. The maximum atomic E-state index is 15.1. The fraction of sp³-hybridized carbons (Fsp3) is 0.500. The van der Waals surface area contributed by atoms with E-state index < -0.39 is 16.6 Å². The summed E-state index contributed by atoms with van der Waals surface area (Å²) in [5, 5.41) is 15.0. The van der Waals surface area contributed by atoms with E-state index >= 15 is 4.39 Å². The summed E-state index contributed by atoms with van der Waals surface area (Å²) in [6.45, 7) is 8.50. The molecular weight excluding hydrogens is 343 g/mol. The molecule has 2 atom stereocenters. The average Bonchev–Trinajstić information content (AvgIpc) is 2.93. The van der Waals surface area contributed by atoms with Crippen LogP contribution in [0, 0.1) is 5.82 Å². The Hall–Kier alpha value is -2.14. The summed E-state index contributed by atoms with van der Waals surface area (Å²) in [6.07, 6.45) is 5.83. The van der Waals surface area contributed by atoms with Gasteiger partial charge in [0.2, 0.25) is 0 Å². The molecule has 2 unspecified atom stereocenters. The van der Waals surface area contributed by atoms with Gasteiger partial charge in [0.05, 0.1) is 17.7 Å². The lowest BCUT2D eigenvalue weighted by atomic mass is 9.60. The van der Waals surface area contributed by atoms with Crippen LogP contribution in [0.25, 0.3) is 11.1 Å². The number of rotatable bonds is 3. The van der Waals surface area contributed by atoms with Crippen LogP contribution in [0.1, 0.15) is 52.5 Å². The molecule has 4 rings (SSSR count). The Balaban J connectivity index is 1.93. The van der Waals surface area contributed by atoms with Crippen molar-refractivity contribution in [1.29, 1.82) is 0 Å². The molecule has 0 spiro atoms. The van der Waals surface area contributed by atoms with Crippen molar-refractivity contribution >= 4 is 5.69 Å². The second kappa shape index (κ2) is 5.93. The quantitative estimate of drug-likeness (QED) is 0.825. The average molecular weight is 370 g/mol. The first kappa shape index (κ1) is 18.2. The number of aromatic nitrogens is 1. The molecule has 2 heterocycles. The Kier molecular flexibility index (Phi) is 4.00. The van der Waals surface area contributed by atoms with Gasteiger partial charge in [0.15, 0.2) is 0 Å². The van der Waals surface area contributed by atoms with Crippen LogP contribution in [0.5, 0.6) is 5.75 Å². The summed E-state index contributed by atoms with van der Waals surface area (Å²) in [6, 6.07) is 5.19. The van der Waals surface area contributed by atoms with E-state index in [4.69, 9.17) is 4.74 Å². The maximum Gasteiger partial charge on any atom is 0.133 e. The first-order valence-corrected chi connectivity index (χ1v) is 9.65. The SMILES string of the molecule is CCOc1ccncc1-c1cc2c(cc1F)NC(C)(C)C1(O)CCCC21C. The van der Waals surface area contributed by atoms with Gasteiger partial charge in [0.1, 0.15) is 11.6 Å². The van der Waals surface area contributed by atoms with Crippen LogP contribution < -0.4 is 10.1 Å². The molecule has 27 heavy (non-hydrogen) atoms.